The van der Waals surface area contributed by atoms with E-state index in [1.54, 1.807) is 26.0 Å². The lowest BCUT2D eigenvalue weighted by Gasteiger charge is -1.97. The molecular weight excluding hydrogens is 266 g/mol. The molecule has 0 spiro atoms. The lowest BCUT2D eigenvalue weighted by Crippen LogP contribution is -1.97. The number of carboxylic acid groups (broad SMARTS) is 1. The average Bonchev–Trinajstić information content (AvgIpc) is 2.43. The fraction of sp³-hybridized carbons (Fsp3) is 0.353. The maximum Gasteiger partial charge on any atom is 0.335 e. The number of aliphatic carboxylic acids is 1. The van der Waals surface area contributed by atoms with Gasteiger partial charge >= 0.3 is 5.97 Å². The van der Waals surface area contributed by atoms with Crippen LogP contribution in [-0.4, -0.2) is 16.9 Å². The maximum atomic E-state index is 11.4. The van der Waals surface area contributed by atoms with Crippen molar-refractivity contribution in [2.75, 3.05) is 0 Å². The number of nitrogens with zero attached hydrogens (tertiary/aromatic N) is 1. The first-order valence-corrected chi connectivity index (χ1v) is 6.73. The Morgan fingerprint density at radius 3 is 2.43 bits per heavy atom. The van der Waals surface area contributed by atoms with Crippen LogP contribution in [-0.2, 0) is 9.59 Å². The van der Waals surface area contributed by atoms with Crippen LogP contribution in [0.5, 0.6) is 0 Å². The van der Waals surface area contributed by atoms with Crippen molar-refractivity contribution < 1.29 is 14.7 Å². The minimum Gasteiger partial charge on any atom is -0.478 e. The molecule has 0 heterocycles. The Kier molecular flexibility index (Phi) is 9.19. The van der Waals surface area contributed by atoms with Crippen molar-refractivity contribution in [2.24, 2.45) is 0 Å². The third-order valence-electron chi connectivity index (χ3n) is 2.79. The minimum atomic E-state index is -0.945. The Balaban J connectivity index is 4.39. The van der Waals surface area contributed by atoms with E-state index in [4.69, 9.17) is 10.4 Å². The summed E-state index contributed by atoms with van der Waals surface area (Å²) in [5.41, 5.74) is 1.72. The van der Waals surface area contributed by atoms with E-state index < -0.39 is 5.97 Å². The molecule has 0 unspecified atom stereocenters. The van der Waals surface area contributed by atoms with Gasteiger partial charge in [0.1, 0.15) is 0 Å². The molecule has 0 saturated carbocycles. The number of carbonyl (C=O) groups is 2. The number of carbonyl (C=O) groups excluding carboxylic acids is 1. The summed E-state index contributed by atoms with van der Waals surface area (Å²) in [5, 5.41) is 17.3. The Morgan fingerprint density at radius 1 is 1.24 bits per heavy atom. The van der Waals surface area contributed by atoms with Crippen molar-refractivity contribution in [3.63, 3.8) is 0 Å². The number of hydrogen-bond acceptors (Lipinski definition) is 3. The maximum absolute atomic E-state index is 11.4. The SMILES string of the molecule is C\C=C(/C=C(C)/C=C/CC/C=C(\C)C(=O)CC#N)C(=O)O. The van der Waals surface area contributed by atoms with Gasteiger partial charge < -0.3 is 5.11 Å². The van der Waals surface area contributed by atoms with Gasteiger partial charge in [-0.05, 0) is 45.3 Å². The molecule has 0 radical (unpaired) electrons. The van der Waals surface area contributed by atoms with E-state index in [1.165, 1.54) is 0 Å². The minimum absolute atomic E-state index is 0.0820. The third-order valence-corrected chi connectivity index (χ3v) is 2.79. The predicted molar refractivity (Wildman–Crippen MR) is 82.5 cm³/mol. The van der Waals surface area contributed by atoms with E-state index in [-0.39, 0.29) is 17.8 Å². The second-order valence-electron chi connectivity index (χ2n) is 4.56. The molecule has 0 aromatic heterocycles. The summed E-state index contributed by atoms with van der Waals surface area (Å²) in [6, 6.07) is 1.83. The first kappa shape index (κ1) is 18.6. The van der Waals surface area contributed by atoms with Crippen LogP contribution in [0.2, 0.25) is 0 Å². The lowest BCUT2D eigenvalue weighted by molar-refractivity contribution is -0.132. The Hall–Kier alpha value is -2.41. The zero-order chi connectivity index (χ0) is 16.3. The van der Waals surface area contributed by atoms with Gasteiger partial charge in [-0.15, -0.1) is 0 Å². The van der Waals surface area contributed by atoms with E-state index >= 15 is 0 Å². The van der Waals surface area contributed by atoms with E-state index in [9.17, 15) is 9.59 Å². The molecule has 0 saturated heterocycles. The average molecular weight is 287 g/mol. The molecule has 1 N–H and O–H groups in total. The van der Waals surface area contributed by atoms with Crippen molar-refractivity contribution in [1.29, 1.82) is 5.26 Å². The van der Waals surface area contributed by atoms with Gasteiger partial charge in [0.25, 0.3) is 0 Å². The van der Waals surface area contributed by atoms with Gasteiger partial charge in [-0.3, -0.25) is 4.79 Å². The standard InChI is InChI=1S/C17H21NO3/c1-4-15(17(20)21)12-13(2)8-6-5-7-9-14(3)16(19)10-11-18/h4,6,8-9,12H,5,7,10H2,1-3H3,(H,20,21)/b8-6+,13-12+,14-9+,15-4+. The lowest BCUT2D eigenvalue weighted by atomic mass is 10.1. The van der Waals surface area contributed by atoms with Gasteiger partial charge in [0.15, 0.2) is 5.78 Å². The molecule has 0 fully saturated rings. The summed E-state index contributed by atoms with van der Waals surface area (Å²) in [6.45, 7) is 5.23. The molecule has 0 bridgehead atoms. The number of carboxylic acids is 1. The fourth-order valence-electron chi connectivity index (χ4n) is 1.55. The number of rotatable bonds is 8. The summed E-state index contributed by atoms with van der Waals surface area (Å²) in [6.07, 6.45) is 10.1. The largest absolute Gasteiger partial charge is 0.478 e. The van der Waals surface area contributed by atoms with Crippen molar-refractivity contribution in [2.45, 2.75) is 40.0 Å². The van der Waals surface area contributed by atoms with Crippen LogP contribution in [0.1, 0.15) is 40.0 Å². The number of Topliss-reactive ketones (excluding diaryl/α,β-unsaturated/α-hetero) is 1. The number of hydrogen-bond donors (Lipinski definition) is 1. The van der Waals surface area contributed by atoms with Crippen LogP contribution < -0.4 is 0 Å². The summed E-state index contributed by atoms with van der Waals surface area (Å²) in [5.74, 6) is -1.09. The molecule has 0 aliphatic heterocycles. The van der Waals surface area contributed by atoms with Crippen LogP contribution >= 0.6 is 0 Å². The summed E-state index contributed by atoms with van der Waals surface area (Å²) >= 11 is 0. The fourth-order valence-corrected chi connectivity index (χ4v) is 1.55. The first-order valence-electron chi connectivity index (χ1n) is 6.73. The van der Waals surface area contributed by atoms with Gasteiger partial charge in [0.2, 0.25) is 0 Å². The highest BCUT2D eigenvalue weighted by atomic mass is 16.4. The van der Waals surface area contributed by atoms with Crippen LogP contribution in [0, 0.1) is 11.3 Å². The zero-order valence-corrected chi connectivity index (χ0v) is 12.7. The molecule has 0 atom stereocenters. The van der Waals surface area contributed by atoms with Crippen LogP contribution in [0.25, 0.3) is 0 Å². The molecular formula is C17H21NO3. The summed E-state index contributed by atoms with van der Waals surface area (Å²) < 4.78 is 0. The van der Waals surface area contributed by atoms with E-state index in [0.29, 0.717) is 12.0 Å². The highest BCUT2D eigenvalue weighted by Crippen LogP contribution is 2.07. The van der Waals surface area contributed by atoms with Gasteiger partial charge in [0, 0.05) is 0 Å². The van der Waals surface area contributed by atoms with Crippen molar-refractivity contribution >= 4 is 11.8 Å². The molecule has 0 aliphatic rings. The number of allylic oxidation sites excluding steroid dienone is 6. The van der Waals surface area contributed by atoms with Gasteiger partial charge in [-0.1, -0.05) is 29.9 Å². The normalized spacial score (nSPS) is 13.3. The molecule has 112 valence electrons. The summed E-state index contributed by atoms with van der Waals surface area (Å²) in [7, 11) is 0. The molecule has 21 heavy (non-hydrogen) atoms. The molecule has 0 amide bonds. The Bertz CT molecular complexity index is 543. The highest BCUT2D eigenvalue weighted by Gasteiger charge is 2.02. The van der Waals surface area contributed by atoms with Gasteiger partial charge in [-0.2, -0.15) is 5.26 Å². The predicted octanol–water partition coefficient (Wildman–Crippen LogP) is 3.73. The quantitative estimate of drug-likeness (QED) is 0.419. The summed E-state index contributed by atoms with van der Waals surface area (Å²) in [4.78, 5) is 22.2. The second-order valence-corrected chi connectivity index (χ2v) is 4.56. The smallest absolute Gasteiger partial charge is 0.335 e. The Labute approximate surface area is 125 Å². The van der Waals surface area contributed by atoms with Crippen LogP contribution in [0.15, 0.2) is 47.1 Å². The number of unbranched alkanes of at least 4 members (excludes halogenated alkanes) is 1. The number of ketones is 1. The number of nitriles is 1. The molecule has 0 rings (SSSR count). The third kappa shape index (κ3) is 8.38. The molecule has 0 aromatic rings. The monoisotopic (exact) mass is 287 g/mol. The van der Waals surface area contributed by atoms with Crippen LogP contribution in [0.3, 0.4) is 0 Å². The zero-order valence-electron chi connectivity index (χ0n) is 12.7. The second kappa shape index (κ2) is 10.4. The van der Waals surface area contributed by atoms with Crippen molar-refractivity contribution in [3.8, 4) is 6.07 Å². The topological polar surface area (TPSA) is 78.2 Å². The van der Waals surface area contributed by atoms with E-state index in [2.05, 4.69) is 0 Å². The Morgan fingerprint density at radius 2 is 1.90 bits per heavy atom. The van der Waals surface area contributed by atoms with Gasteiger partial charge in [-0.25, -0.2) is 4.79 Å². The van der Waals surface area contributed by atoms with Crippen molar-refractivity contribution in [1.82, 2.24) is 0 Å². The van der Waals surface area contributed by atoms with E-state index in [0.717, 1.165) is 12.0 Å². The molecule has 4 nitrogen and oxygen atoms in total. The first-order chi connectivity index (χ1) is 9.92. The molecule has 0 aliphatic carbocycles. The van der Waals surface area contributed by atoms with Crippen LogP contribution in [0.4, 0.5) is 0 Å². The highest BCUT2D eigenvalue weighted by molar-refractivity contribution is 5.96. The van der Waals surface area contributed by atoms with Gasteiger partial charge in [0.05, 0.1) is 18.1 Å². The molecule has 0 aromatic carbocycles. The molecule has 4 heteroatoms. The van der Waals surface area contributed by atoms with Crippen molar-refractivity contribution in [3.05, 3.63) is 47.1 Å². The van der Waals surface area contributed by atoms with E-state index in [1.807, 2.05) is 31.2 Å².